The highest BCUT2D eigenvalue weighted by molar-refractivity contribution is 5.92. The molecule has 108 valence electrons. The number of carbonyl (C=O) groups excluding carboxylic acids is 2. The molecule has 1 atom stereocenters. The molecule has 1 fully saturated rings. The second-order valence-corrected chi connectivity index (χ2v) is 4.79. The number of carbonyl (C=O) groups is 2. The fraction of sp³-hybridized carbons (Fsp3) is 0.467. The summed E-state index contributed by atoms with van der Waals surface area (Å²) in [6.07, 6.45) is 1.23. The molecule has 5 heteroatoms. The van der Waals surface area contributed by atoms with Gasteiger partial charge >= 0.3 is 5.97 Å². The highest BCUT2D eigenvalue weighted by Crippen LogP contribution is 2.19. The van der Waals surface area contributed by atoms with Crippen LogP contribution in [0.25, 0.3) is 0 Å². The molecule has 0 aromatic heterocycles. The first kappa shape index (κ1) is 14.4. The van der Waals surface area contributed by atoms with Crippen molar-refractivity contribution >= 4 is 11.9 Å². The van der Waals surface area contributed by atoms with E-state index in [4.69, 9.17) is 9.47 Å². The zero-order valence-electron chi connectivity index (χ0n) is 11.7. The molecular weight excluding hydrogens is 258 g/mol. The third-order valence-electron chi connectivity index (χ3n) is 2.98. The van der Waals surface area contributed by atoms with Crippen molar-refractivity contribution in [2.24, 2.45) is 0 Å². The van der Waals surface area contributed by atoms with Crippen LogP contribution in [-0.4, -0.2) is 30.6 Å². The van der Waals surface area contributed by atoms with Crippen LogP contribution in [-0.2, 0) is 9.53 Å². The minimum absolute atomic E-state index is 0.244. The van der Waals surface area contributed by atoms with E-state index in [-0.39, 0.29) is 11.9 Å². The van der Waals surface area contributed by atoms with E-state index in [2.05, 4.69) is 5.32 Å². The Bertz CT molecular complexity index is 479. The zero-order valence-corrected chi connectivity index (χ0v) is 11.7. The highest BCUT2D eigenvalue weighted by Gasteiger charge is 2.27. The minimum Gasteiger partial charge on any atom is -0.494 e. The Morgan fingerprint density at radius 1 is 1.30 bits per heavy atom. The summed E-state index contributed by atoms with van der Waals surface area (Å²) in [5, 5.41) is 2.80. The van der Waals surface area contributed by atoms with Crippen LogP contribution in [0, 0.1) is 0 Å². The number of nitrogens with one attached hydrogen (secondary N) is 1. The van der Waals surface area contributed by atoms with Gasteiger partial charge in [0.2, 0.25) is 0 Å². The number of esters is 1. The topological polar surface area (TPSA) is 64.6 Å². The predicted molar refractivity (Wildman–Crippen MR) is 73.7 cm³/mol. The van der Waals surface area contributed by atoms with Crippen molar-refractivity contribution in [1.29, 1.82) is 0 Å². The Labute approximate surface area is 118 Å². The maximum atomic E-state index is 11.9. The summed E-state index contributed by atoms with van der Waals surface area (Å²) < 4.78 is 10.4. The van der Waals surface area contributed by atoms with Gasteiger partial charge in [-0.05, 0) is 51.0 Å². The van der Waals surface area contributed by atoms with Crippen LogP contribution in [0.3, 0.4) is 0 Å². The van der Waals surface area contributed by atoms with Gasteiger partial charge in [0.25, 0.3) is 5.91 Å². The molecule has 1 aliphatic carbocycles. The molecule has 20 heavy (non-hydrogen) atoms. The lowest BCUT2D eigenvalue weighted by Gasteiger charge is -2.13. The van der Waals surface area contributed by atoms with Crippen LogP contribution in [0.1, 0.15) is 37.0 Å². The largest absolute Gasteiger partial charge is 0.494 e. The summed E-state index contributed by atoms with van der Waals surface area (Å²) in [4.78, 5) is 23.6. The molecule has 0 aliphatic heterocycles. The summed E-state index contributed by atoms with van der Waals surface area (Å²) in [5.74, 6) is -0.0538. The lowest BCUT2D eigenvalue weighted by molar-refractivity contribution is -0.129. The van der Waals surface area contributed by atoms with Gasteiger partial charge in [-0.15, -0.1) is 0 Å². The number of rotatable bonds is 6. The number of amides is 1. The third kappa shape index (κ3) is 3.98. The van der Waals surface area contributed by atoms with Crippen LogP contribution in [0.5, 0.6) is 5.75 Å². The van der Waals surface area contributed by atoms with Gasteiger partial charge in [-0.2, -0.15) is 0 Å². The van der Waals surface area contributed by atoms with E-state index in [1.807, 2.05) is 6.92 Å². The lowest BCUT2D eigenvalue weighted by atomic mass is 10.2. The van der Waals surface area contributed by atoms with Gasteiger partial charge in [-0.1, -0.05) is 0 Å². The summed E-state index contributed by atoms with van der Waals surface area (Å²) in [6, 6.07) is 6.91. The van der Waals surface area contributed by atoms with Crippen molar-refractivity contribution in [2.45, 2.75) is 38.8 Å². The van der Waals surface area contributed by atoms with Gasteiger partial charge in [0.1, 0.15) is 5.75 Å². The monoisotopic (exact) mass is 277 g/mol. The van der Waals surface area contributed by atoms with Crippen LogP contribution in [0.15, 0.2) is 24.3 Å². The van der Waals surface area contributed by atoms with Crippen LogP contribution >= 0.6 is 0 Å². The Morgan fingerprint density at radius 3 is 2.50 bits per heavy atom. The number of hydrogen-bond donors (Lipinski definition) is 1. The van der Waals surface area contributed by atoms with Crippen molar-refractivity contribution in [3.63, 3.8) is 0 Å². The summed E-state index contributed by atoms with van der Waals surface area (Å²) in [7, 11) is 0. The zero-order chi connectivity index (χ0) is 14.5. The Hall–Kier alpha value is -2.04. The average Bonchev–Trinajstić information content (AvgIpc) is 3.23. The van der Waals surface area contributed by atoms with Crippen molar-refractivity contribution < 1.29 is 19.1 Å². The van der Waals surface area contributed by atoms with Crippen molar-refractivity contribution in [3.05, 3.63) is 29.8 Å². The van der Waals surface area contributed by atoms with Crippen molar-refractivity contribution in [2.75, 3.05) is 6.61 Å². The minimum atomic E-state index is -0.783. The lowest BCUT2D eigenvalue weighted by Crippen LogP contribution is -2.37. The van der Waals surface area contributed by atoms with E-state index < -0.39 is 12.1 Å². The molecule has 1 aliphatic rings. The normalized spacial score (nSPS) is 15.3. The summed E-state index contributed by atoms with van der Waals surface area (Å²) in [5.41, 5.74) is 0.402. The van der Waals surface area contributed by atoms with Crippen LogP contribution < -0.4 is 10.1 Å². The summed E-state index contributed by atoms with van der Waals surface area (Å²) >= 11 is 0. The molecule has 0 unspecified atom stereocenters. The van der Waals surface area contributed by atoms with Gasteiger partial charge < -0.3 is 14.8 Å². The maximum Gasteiger partial charge on any atom is 0.338 e. The third-order valence-corrected chi connectivity index (χ3v) is 2.98. The first-order valence-corrected chi connectivity index (χ1v) is 6.84. The molecule has 1 aromatic rings. The van der Waals surface area contributed by atoms with E-state index >= 15 is 0 Å². The quantitative estimate of drug-likeness (QED) is 0.807. The van der Waals surface area contributed by atoms with Gasteiger partial charge in [0, 0.05) is 6.04 Å². The van der Waals surface area contributed by atoms with Crippen molar-refractivity contribution in [3.8, 4) is 5.75 Å². The van der Waals surface area contributed by atoms with E-state index in [9.17, 15) is 9.59 Å². The fourth-order valence-corrected chi connectivity index (χ4v) is 1.68. The molecule has 1 aromatic carbocycles. The van der Waals surface area contributed by atoms with E-state index in [1.54, 1.807) is 31.2 Å². The first-order valence-electron chi connectivity index (χ1n) is 6.84. The molecule has 0 spiro atoms. The van der Waals surface area contributed by atoms with Crippen molar-refractivity contribution in [1.82, 2.24) is 5.32 Å². The Kier molecular flexibility index (Phi) is 4.61. The van der Waals surface area contributed by atoms with Gasteiger partial charge in [0.15, 0.2) is 6.10 Å². The van der Waals surface area contributed by atoms with Crippen LogP contribution in [0.2, 0.25) is 0 Å². The summed E-state index contributed by atoms with van der Waals surface area (Å²) in [6.45, 7) is 4.04. The molecule has 0 radical (unpaired) electrons. The maximum absolute atomic E-state index is 11.9. The van der Waals surface area contributed by atoms with Gasteiger partial charge in [0.05, 0.1) is 12.2 Å². The van der Waals surface area contributed by atoms with Crippen LogP contribution in [0.4, 0.5) is 0 Å². The average molecular weight is 277 g/mol. The van der Waals surface area contributed by atoms with E-state index in [0.29, 0.717) is 17.9 Å². The molecule has 2 rings (SSSR count). The number of benzene rings is 1. The first-order chi connectivity index (χ1) is 9.60. The van der Waals surface area contributed by atoms with Gasteiger partial charge in [-0.3, -0.25) is 4.79 Å². The molecule has 5 nitrogen and oxygen atoms in total. The SMILES string of the molecule is CCOc1ccc(C(=O)O[C@H](C)C(=O)NC2CC2)cc1. The second kappa shape index (κ2) is 6.41. The highest BCUT2D eigenvalue weighted by atomic mass is 16.5. The van der Waals surface area contributed by atoms with Gasteiger partial charge in [-0.25, -0.2) is 4.79 Å². The number of ether oxygens (including phenoxy) is 2. The predicted octanol–water partition coefficient (Wildman–Crippen LogP) is 1.91. The second-order valence-electron chi connectivity index (χ2n) is 4.79. The van der Waals surface area contributed by atoms with E-state index in [1.165, 1.54) is 0 Å². The molecule has 0 saturated heterocycles. The molecule has 1 saturated carbocycles. The Morgan fingerprint density at radius 2 is 1.95 bits per heavy atom. The molecular formula is C15H19NO4. The molecule has 0 bridgehead atoms. The standard InChI is InChI=1S/C15H19NO4/c1-3-19-13-8-4-11(5-9-13)15(18)20-10(2)14(17)16-12-6-7-12/h4-5,8-10,12H,3,6-7H2,1-2H3,(H,16,17)/t10-/m1/s1. The Balaban J connectivity index is 1.87. The molecule has 1 N–H and O–H groups in total. The molecule has 0 heterocycles. The fourth-order valence-electron chi connectivity index (χ4n) is 1.68. The number of hydrogen-bond acceptors (Lipinski definition) is 4. The smallest absolute Gasteiger partial charge is 0.338 e. The van der Waals surface area contributed by atoms with E-state index in [0.717, 1.165) is 12.8 Å². The molecule has 1 amide bonds.